The summed E-state index contributed by atoms with van der Waals surface area (Å²) in [4.78, 5) is 35.8. The molecule has 0 saturated carbocycles. The highest BCUT2D eigenvalue weighted by atomic mass is 19.3. The fourth-order valence-electron chi connectivity index (χ4n) is 2.58. The molecule has 1 aliphatic rings. The van der Waals surface area contributed by atoms with Crippen molar-refractivity contribution in [3.05, 3.63) is 39.6 Å². The molecule has 14 heteroatoms. The maximum absolute atomic E-state index is 13.1. The molecule has 1 aliphatic heterocycles. The lowest BCUT2D eigenvalue weighted by Gasteiger charge is -2.17. The molecule has 2 rings (SSSR count). The van der Waals surface area contributed by atoms with Gasteiger partial charge < -0.3 is 24.8 Å². The highest BCUT2D eigenvalue weighted by molar-refractivity contribution is 6.08. The number of carbonyl (C=O) groups is 2. The normalized spacial score (nSPS) is 14.3. The molecule has 0 aromatic heterocycles. The number of benzene rings is 1. The van der Waals surface area contributed by atoms with Crippen LogP contribution in [0.3, 0.4) is 0 Å². The van der Waals surface area contributed by atoms with Gasteiger partial charge >= 0.3 is 18.3 Å². The summed E-state index contributed by atoms with van der Waals surface area (Å²) in [7, 11) is 1.06. The number of β-amino-alcohol motifs (C(OH)–C–C–N with tert-alkyl or cyclic N) is 1. The first-order chi connectivity index (χ1) is 14.5. The number of nitro groups is 1. The van der Waals surface area contributed by atoms with E-state index in [1.807, 2.05) is 0 Å². The number of alkyl halides is 4. The Hall–Kier alpha value is -3.42. The lowest BCUT2D eigenvalue weighted by molar-refractivity contribution is -0.384. The number of ether oxygens (including phenoxy) is 2. The smallest absolute Gasteiger partial charge is 0.340 e. The van der Waals surface area contributed by atoms with Crippen molar-refractivity contribution in [2.45, 2.75) is 12.3 Å². The Labute approximate surface area is 172 Å². The third-order valence-electron chi connectivity index (χ3n) is 4.08. The number of methoxy groups -OCH3 is 1. The lowest BCUT2D eigenvalue weighted by Crippen LogP contribution is -2.33. The molecule has 31 heavy (non-hydrogen) atoms. The Morgan fingerprint density at radius 2 is 2.06 bits per heavy atom. The SMILES string of the molecule is COC(=O)C1=C(Nc2cc(OCC(F)(F)C(F)F)cc([N+](=O)[O-])c2)C(=O)N(CCO)C1. The van der Waals surface area contributed by atoms with Crippen LogP contribution >= 0.6 is 0 Å². The van der Waals surface area contributed by atoms with Crippen LogP contribution in [0.15, 0.2) is 29.5 Å². The average Bonchev–Trinajstić information content (AvgIpc) is 3.01. The molecule has 0 spiro atoms. The van der Waals surface area contributed by atoms with Crippen LogP contribution in [0.25, 0.3) is 0 Å². The van der Waals surface area contributed by atoms with E-state index >= 15 is 0 Å². The largest absolute Gasteiger partial charge is 0.487 e. The number of nitrogens with zero attached hydrogens (tertiary/aromatic N) is 2. The fraction of sp³-hybridized carbons (Fsp3) is 0.412. The molecule has 0 fully saturated rings. The van der Waals surface area contributed by atoms with Crippen molar-refractivity contribution in [1.82, 2.24) is 4.90 Å². The number of rotatable bonds is 10. The second kappa shape index (κ2) is 9.59. The monoisotopic (exact) mass is 451 g/mol. The molecule has 0 bridgehead atoms. The first kappa shape index (κ1) is 23.9. The number of non-ortho nitro benzene ring substituents is 1. The van der Waals surface area contributed by atoms with Crippen molar-refractivity contribution in [2.24, 2.45) is 0 Å². The van der Waals surface area contributed by atoms with E-state index < -0.39 is 53.8 Å². The molecule has 0 radical (unpaired) electrons. The number of hydrogen-bond donors (Lipinski definition) is 2. The third kappa shape index (κ3) is 5.59. The number of nitro benzene ring substituents is 1. The Morgan fingerprint density at radius 1 is 1.39 bits per heavy atom. The number of esters is 1. The molecular formula is C17H17F4N3O7. The second-order valence-electron chi connectivity index (χ2n) is 6.24. The summed E-state index contributed by atoms with van der Waals surface area (Å²) >= 11 is 0. The average molecular weight is 451 g/mol. The van der Waals surface area contributed by atoms with Gasteiger partial charge in [-0.25, -0.2) is 13.6 Å². The minimum atomic E-state index is -4.50. The van der Waals surface area contributed by atoms with Gasteiger partial charge in [0.1, 0.15) is 11.4 Å². The number of hydrogen-bond acceptors (Lipinski definition) is 8. The van der Waals surface area contributed by atoms with Gasteiger partial charge in [-0.2, -0.15) is 8.78 Å². The van der Waals surface area contributed by atoms with E-state index in [1.54, 1.807) is 0 Å². The standard InChI is InChI=1S/C17H17F4N3O7/c1-30-15(27)12-7-23(2-3-25)14(26)13(12)22-9-4-10(24(28)29)6-11(5-9)31-8-17(20,21)16(18)19/h4-6,16,22,25H,2-3,7-8H2,1H3. The Morgan fingerprint density at radius 3 is 2.61 bits per heavy atom. The Bertz CT molecular complexity index is 908. The van der Waals surface area contributed by atoms with E-state index in [-0.39, 0.29) is 30.0 Å². The van der Waals surface area contributed by atoms with Gasteiger partial charge in [0.2, 0.25) is 0 Å². The minimum absolute atomic E-state index is 0.115. The van der Waals surface area contributed by atoms with E-state index in [9.17, 15) is 37.3 Å². The zero-order chi connectivity index (χ0) is 23.3. The number of halogens is 4. The number of carbonyl (C=O) groups excluding carboxylic acids is 2. The van der Waals surface area contributed by atoms with Gasteiger partial charge in [-0.05, 0) is 0 Å². The van der Waals surface area contributed by atoms with Gasteiger partial charge in [0.15, 0.2) is 6.61 Å². The molecule has 10 nitrogen and oxygen atoms in total. The zero-order valence-electron chi connectivity index (χ0n) is 15.9. The molecule has 0 unspecified atom stereocenters. The second-order valence-corrected chi connectivity index (χ2v) is 6.24. The van der Waals surface area contributed by atoms with Crippen molar-refractivity contribution in [1.29, 1.82) is 0 Å². The topological polar surface area (TPSA) is 131 Å². The van der Waals surface area contributed by atoms with Crippen LogP contribution in [0.4, 0.5) is 28.9 Å². The van der Waals surface area contributed by atoms with Gasteiger partial charge in [0, 0.05) is 24.4 Å². The van der Waals surface area contributed by atoms with Crippen LogP contribution in [-0.2, 0) is 14.3 Å². The van der Waals surface area contributed by atoms with Gasteiger partial charge in [-0.3, -0.25) is 14.9 Å². The van der Waals surface area contributed by atoms with E-state index in [4.69, 9.17) is 5.11 Å². The van der Waals surface area contributed by atoms with E-state index in [2.05, 4.69) is 14.8 Å². The summed E-state index contributed by atoms with van der Waals surface area (Å²) in [6.45, 7) is -2.48. The Kier molecular flexibility index (Phi) is 7.38. The van der Waals surface area contributed by atoms with E-state index in [1.165, 1.54) is 0 Å². The Balaban J connectivity index is 2.38. The summed E-state index contributed by atoms with van der Waals surface area (Å²) in [5.74, 6) is -6.65. The summed E-state index contributed by atoms with van der Waals surface area (Å²) in [5, 5.41) is 22.7. The molecular weight excluding hydrogens is 434 g/mol. The molecule has 170 valence electrons. The van der Waals surface area contributed by atoms with Crippen LogP contribution in [0.1, 0.15) is 0 Å². The summed E-state index contributed by atoms with van der Waals surface area (Å²) in [6, 6.07) is 2.61. The van der Waals surface area contributed by atoms with Crippen LogP contribution in [0.5, 0.6) is 5.75 Å². The number of aliphatic hydroxyl groups excluding tert-OH is 1. The van der Waals surface area contributed by atoms with Crippen molar-refractivity contribution in [3.63, 3.8) is 0 Å². The summed E-state index contributed by atoms with van der Waals surface area (Å²) in [5.41, 5.74) is -1.32. The van der Waals surface area contributed by atoms with Crippen molar-refractivity contribution in [3.8, 4) is 5.75 Å². The summed E-state index contributed by atoms with van der Waals surface area (Å²) in [6.07, 6.45) is -4.01. The van der Waals surface area contributed by atoms with E-state index in [0.29, 0.717) is 0 Å². The summed E-state index contributed by atoms with van der Waals surface area (Å²) < 4.78 is 60.0. The number of anilines is 1. The first-order valence-corrected chi connectivity index (χ1v) is 8.57. The molecule has 0 saturated heterocycles. The van der Waals surface area contributed by atoms with E-state index in [0.717, 1.165) is 30.2 Å². The predicted molar refractivity (Wildman–Crippen MR) is 95.9 cm³/mol. The van der Waals surface area contributed by atoms with Crippen molar-refractivity contribution < 1.29 is 46.7 Å². The highest BCUT2D eigenvalue weighted by Crippen LogP contribution is 2.31. The fourth-order valence-corrected chi connectivity index (χ4v) is 2.58. The molecule has 1 aromatic carbocycles. The molecule has 1 amide bonds. The number of amides is 1. The molecule has 1 heterocycles. The maximum Gasteiger partial charge on any atom is 0.340 e. The van der Waals surface area contributed by atoms with Crippen LogP contribution < -0.4 is 10.1 Å². The third-order valence-corrected chi connectivity index (χ3v) is 4.08. The zero-order valence-corrected chi connectivity index (χ0v) is 15.9. The minimum Gasteiger partial charge on any atom is -0.487 e. The van der Waals surface area contributed by atoms with Crippen LogP contribution in [-0.4, -0.2) is 72.6 Å². The van der Waals surface area contributed by atoms with Crippen LogP contribution in [0, 0.1) is 10.1 Å². The molecule has 0 atom stereocenters. The van der Waals surface area contributed by atoms with Crippen LogP contribution in [0.2, 0.25) is 0 Å². The lowest BCUT2D eigenvalue weighted by atomic mass is 10.2. The number of aliphatic hydroxyl groups is 1. The van der Waals surface area contributed by atoms with Crippen molar-refractivity contribution in [2.75, 3.05) is 38.7 Å². The van der Waals surface area contributed by atoms with Crippen molar-refractivity contribution >= 4 is 23.3 Å². The van der Waals surface area contributed by atoms with Gasteiger partial charge in [0.05, 0.1) is 36.8 Å². The highest BCUT2D eigenvalue weighted by Gasteiger charge is 2.42. The van der Waals surface area contributed by atoms with Gasteiger partial charge in [-0.1, -0.05) is 0 Å². The predicted octanol–water partition coefficient (Wildman–Crippen LogP) is 1.55. The van der Waals surface area contributed by atoms with Gasteiger partial charge in [-0.15, -0.1) is 0 Å². The van der Waals surface area contributed by atoms with Gasteiger partial charge in [0.25, 0.3) is 11.6 Å². The molecule has 2 N–H and O–H groups in total. The molecule has 0 aliphatic carbocycles. The maximum atomic E-state index is 13.1. The number of nitrogens with one attached hydrogen (secondary N) is 1. The first-order valence-electron chi connectivity index (χ1n) is 8.57. The molecule has 1 aromatic rings. The quantitative estimate of drug-likeness (QED) is 0.237.